The number of nitrogens with zero attached hydrogens (tertiary/aromatic N) is 5. The molecule has 21 heavy (non-hydrogen) atoms. The summed E-state index contributed by atoms with van der Waals surface area (Å²) in [7, 11) is 1.56. The highest BCUT2D eigenvalue weighted by Crippen LogP contribution is 2.26. The predicted molar refractivity (Wildman–Crippen MR) is 74.0 cm³/mol. The Bertz CT molecular complexity index is 773. The summed E-state index contributed by atoms with van der Waals surface area (Å²) < 4.78 is 2.91. The van der Waals surface area contributed by atoms with Crippen molar-refractivity contribution >= 4 is 0 Å². The molecule has 0 amide bonds. The van der Waals surface area contributed by atoms with Crippen LogP contribution in [0.2, 0.25) is 0 Å². The molecule has 1 saturated carbocycles. The Morgan fingerprint density at radius 1 is 1.24 bits per heavy atom. The molecular weight excluding hydrogens is 274 g/mol. The minimum absolute atomic E-state index is 0.0256. The van der Waals surface area contributed by atoms with Crippen LogP contribution in [0, 0.1) is 12.1 Å². The monoisotopic (exact) mass is 291 g/mol. The summed E-state index contributed by atoms with van der Waals surface area (Å²) in [4.78, 5) is 28.7. The highest BCUT2D eigenvalue weighted by atomic mass is 16.5. The van der Waals surface area contributed by atoms with Crippen LogP contribution < -0.4 is 16.0 Å². The van der Waals surface area contributed by atoms with E-state index < -0.39 is 11.2 Å². The Labute approximate surface area is 120 Å². The summed E-state index contributed by atoms with van der Waals surface area (Å²) in [6, 6.07) is -0.158. The van der Waals surface area contributed by atoms with Crippen molar-refractivity contribution in [2.24, 2.45) is 7.05 Å². The van der Waals surface area contributed by atoms with Gasteiger partial charge in [-0.1, -0.05) is 19.3 Å². The van der Waals surface area contributed by atoms with Crippen molar-refractivity contribution in [2.75, 3.05) is 0 Å². The van der Waals surface area contributed by atoms with Crippen molar-refractivity contribution in [1.82, 2.24) is 19.3 Å². The molecule has 0 saturated heterocycles. The van der Waals surface area contributed by atoms with Gasteiger partial charge < -0.3 is 5.21 Å². The zero-order valence-corrected chi connectivity index (χ0v) is 12.1. The van der Waals surface area contributed by atoms with Gasteiger partial charge in [0.2, 0.25) is 11.5 Å². The molecule has 1 fully saturated rings. The predicted octanol–water partition coefficient (Wildman–Crippen LogP) is -0.111. The lowest BCUT2D eigenvalue weighted by Gasteiger charge is -2.23. The van der Waals surface area contributed by atoms with E-state index in [1.165, 1.54) is 11.6 Å². The van der Waals surface area contributed by atoms with Gasteiger partial charge in [0.1, 0.15) is 0 Å². The van der Waals surface area contributed by atoms with Crippen LogP contribution in [-0.4, -0.2) is 19.3 Å². The molecule has 8 nitrogen and oxygen atoms in total. The van der Waals surface area contributed by atoms with E-state index >= 15 is 0 Å². The van der Waals surface area contributed by atoms with Gasteiger partial charge in [0, 0.05) is 13.0 Å². The first-order valence-corrected chi connectivity index (χ1v) is 7.10. The molecule has 1 aliphatic carbocycles. The molecule has 3 aliphatic rings. The van der Waals surface area contributed by atoms with Crippen molar-refractivity contribution in [3.63, 3.8) is 0 Å². The third kappa shape index (κ3) is 2.10. The van der Waals surface area contributed by atoms with Gasteiger partial charge in [-0.2, -0.15) is 9.67 Å². The topological polar surface area (TPSA) is 96.7 Å². The first-order valence-electron chi connectivity index (χ1n) is 7.10. The van der Waals surface area contributed by atoms with Gasteiger partial charge in [0.05, 0.1) is 12.1 Å². The number of aromatic nitrogens is 5. The Morgan fingerprint density at radius 2 is 1.90 bits per heavy atom. The van der Waals surface area contributed by atoms with E-state index in [-0.39, 0.29) is 23.4 Å². The van der Waals surface area contributed by atoms with Crippen molar-refractivity contribution in [3.8, 4) is 11.5 Å². The normalized spacial score (nSPS) is 16.5. The zero-order valence-electron chi connectivity index (χ0n) is 12.1. The van der Waals surface area contributed by atoms with E-state index in [2.05, 4.69) is 10.1 Å². The Morgan fingerprint density at radius 3 is 2.57 bits per heavy atom. The van der Waals surface area contributed by atoms with Crippen LogP contribution in [0.4, 0.5) is 0 Å². The van der Waals surface area contributed by atoms with Crippen LogP contribution in [0.25, 0.3) is 11.5 Å². The van der Waals surface area contributed by atoms with Gasteiger partial charge in [-0.05, 0) is 12.8 Å². The third-order valence-corrected chi connectivity index (χ3v) is 4.08. The maximum atomic E-state index is 12.6. The fraction of sp³-hybridized carbons (Fsp3) is 0.615. The molecule has 0 unspecified atom stereocenters. The minimum Gasteiger partial charge on any atom is -0.710 e. The Kier molecular flexibility index (Phi) is 3.23. The van der Waals surface area contributed by atoms with Crippen molar-refractivity contribution < 1.29 is 4.73 Å². The minimum atomic E-state index is -0.597. The summed E-state index contributed by atoms with van der Waals surface area (Å²) in [6.45, 7) is 1.52. The van der Waals surface area contributed by atoms with Crippen molar-refractivity contribution in [1.29, 1.82) is 0 Å². The lowest BCUT2D eigenvalue weighted by Crippen LogP contribution is -2.49. The van der Waals surface area contributed by atoms with E-state index in [1.807, 2.05) is 0 Å². The smallest absolute Gasteiger partial charge is 0.353 e. The van der Waals surface area contributed by atoms with Crippen LogP contribution in [0.1, 0.15) is 44.0 Å². The van der Waals surface area contributed by atoms with Gasteiger partial charge in [0.15, 0.2) is 0 Å². The molecule has 0 N–H and O–H groups in total. The van der Waals surface area contributed by atoms with Gasteiger partial charge in [-0.25, -0.2) is 9.52 Å². The zero-order chi connectivity index (χ0) is 15.1. The van der Waals surface area contributed by atoms with E-state index in [0.717, 1.165) is 36.7 Å². The molecule has 0 aromatic rings. The fourth-order valence-electron chi connectivity index (χ4n) is 3.03. The molecule has 3 rings (SSSR count). The SMILES string of the molecule is Cc1nn(C)c2nc(=O)n(C3CCCCC3)c(=O)c-2[n+]1[O-]. The highest BCUT2D eigenvalue weighted by molar-refractivity contribution is 5.43. The van der Waals surface area contributed by atoms with Gasteiger partial charge in [-0.15, -0.1) is 0 Å². The van der Waals surface area contributed by atoms with Gasteiger partial charge >= 0.3 is 17.1 Å². The number of hydrogen-bond acceptors (Lipinski definition) is 5. The summed E-state index contributed by atoms with van der Waals surface area (Å²) in [5.74, 6) is 0.176. The van der Waals surface area contributed by atoms with E-state index in [0.29, 0.717) is 4.73 Å². The molecule has 0 radical (unpaired) electrons. The van der Waals surface area contributed by atoms with E-state index in [1.54, 1.807) is 7.05 Å². The van der Waals surface area contributed by atoms with Crippen molar-refractivity contribution in [3.05, 3.63) is 31.9 Å². The third-order valence-electron chi connectivity index (χ3n) is 4.08. The molecular formula is C13H17N5O3. The summed E-state index contributed by atoms with van der Waals surface area (Å²) >= 11 is 0. The quantitative estimate of drug-likeness (QED) is 0.539. The second-order valence-corrected chi connectivity index (χ2v) is 5.50. The van der Waals surface area contributed by atoms with Crippen LogP contribution in [0.5, 0.6) is 0 Å². The molecule has 0 aromatic carbocycles. The first-order chi connectivity index (χ1) is 10.0. The maximum absolute atomic E-state index is 12.6. The summed E-state index contributed by atoms with van der Waals surface area (Å²) in [5.41, 5.74) is -1.27. The van der Waals surface area contributed by atoms with Gasteiger partial charge in [-0.3, -0.25) is 9.36 Å². The molecule has 2 aliphatic heterocycles. The Hall–Kier alpha value is -2.25. The van der Waals surface area contributed by atoms with Gasteiger partial charge in [0.25, 0.3) is 0 Å². The number of fused-ring (bicyclic) bond motifs is 1. The summed E-state index contributed by atoms with van der Waals surface area (Å²) in [5, 5.41) is 16.1. The molecule has 2 heterocycles. The standard InChI is InChI=1S/C13H17N5O3/c1-8-15-16(2)11-10(18(8)21)12(19)17(13(20)14-11)9-6-4-3-5-7-9/h9H,3-7H2,1-2H3. The largest absolute Gasteiger partial charge is 0.710 e. The van der Waals surface area contributed by atoms with Crippen molar-refractivity contribution in [2.45, 2.75) is 45.1 Å². The average Bonchev–Trinajstić information content (AvgIpc) is 2.45. The molecule has 0 atom stereocenters. The molecule has 0 spiro atoms. The Balaban J connectivity index is 2.32. The van der Waals surface area contributed by atoms with Crippen LogP contribution in [0.15, 0.2) is 9.59 Å². The lowest BCUT2D eigenvalue weighted by atomic mass is 9.95. The number of rotatable bonds is 1. The highest BCUT2D eigenvalue weighted by Gasteiger charge is 2.29. The first kappa shape index (κ1) is 13.7. The number of aryl methyl sites for hydroxylation is 2. The van der Waals surface area contributed by atoms with E-state index in [9.17, 15) is 14.8 Å². The van der Waals surface area contributed by atoms with Crippen LogP contribution in [0.3, 0.4) is 0 Å². The van der Waals surface area contributed by atoms with E-state index in [4.69, 9.17) is 0 Å². The maximum Gasteiger partial charge on any atom is 0.353 e. The lowest BCUT2D eigenvalue weighted by molar-refractivity contribution is -0.607. The molecule has 112 valence electrons. The fourth-order valence-corrected chi connectivity index (χ4v) is 3.03. The molecule has 8 heteroatoms. The average molecular weight is 291 g/mol. The van der Waals surface area contributed by atoms with Crippen LogP contribution >= 0.6 is 0 Å². The molecule has 0 bridgehead atoms. The molecule has 0 aromatic heterocycles. The second kappa shape index (κ2) is 4.94. The summed E-state index contributed by atoms with van der Waals surface area (Å²) in [6.07, 6.45) is 4.62. The van der Waals surface area contributed by atoms with Crippen LogP contribution in [-0.2, 0) is 7.05 Å². The second-order valence-electron chi connectivity index (χ2n) is 5.50. The number of hydrogen-bond donors (Lipinski definition) is 0.